The number of rotatable bonds is 6. The molecule has 4 heteroatoms. The third kappa shape index (κ3) is 3.94. The molecule has 1 rings (SSSR count). The van der Waals surface area contributed by atoms with E-state index in [2.05, 4.69) is 23.7 Å². The molecule has 1 amide bonds. The van der Waals surface area contributed by atoms with Crippen LogP contribution in [0.15, 0.2) is 11.4 Å². The molecular weight excluding hydrogens is 220 g/mol. The summed E-state index contributed by atoms with van der Waals surface area (Å²) in [5.74, 6) is 0.0461. The highest BCUT2D eigenvalue weighted by molar-refractivity contribution is 7.10. The van der Waals surface area contributed by atoms with E-state index in [0.717, 1.165) is 12.8 Å². The standard InChI is InChI=1S/C12H20N2OS/c1-3-9-5-6-16-11(9)8-14-12(15)7-10(13)4-2/h5-6,10H,3-4,7-8,13H2,1-2H3,(H,14,15). The van der Waals surface area contributed by atoms with E-state index < -0.39 is 0 Å². The molecule has 90 valence electrons. The van der Waals surface area contributed by atoms with E-state index in [1.54, 1.807) is 11.3 Å². The monoisotopic (exact) mass is 240 g/mol. The van der Waals surface area contributed by atoms with Gasteiger partial charge in [0.15, 0.2) is 0 Å². The minimum atomic E-state index is -0.0195. The van der Waals surface area contributed by atoms with E-state index in [-0.39, 0.29) is 11.9 Å². The van der Waals surface area contributed by atoms with Crippen molar-refractivity contribution in [2.45, 2.75) is 45.7 Å². The van der Waals surface area contributed by atoms with Crippen LogP contribution in [0, 0.1) is 0 Å². The number of carbonyl (C=O) groups is 1. The average Bonchev–Trinajstić information content (AvgIpc) is 2.73. The van der Waals surface area contributed by atoms with Crippen molar-refractivity contribution < 1.29 is 4.79 Å². The van der Waals surface area contributed by atoms with Crippen LogP contribution >= 0.6 is 11.3 Å². The number of aryl methyl sites for hydroxylation is 1. The largest absolute Gasteiger partial charge is 0.351 e. The van der Waals surface area contributed by atoms with E-state index in [9.17, 15) is 4.79 Å². The molecule has 1 aromatic heterocycles. The molecule has 0 saturated carbocycles. The highest BCUT2D eigenvalue weighted by Crippen LogP contribution is 2.16. The lowest BCUT2D eigenvalue weighted by atomic mass is 10.1. The van der Waals surface area contributed by atoms with Gasteiger partial charge in [-0.2, -0.15) is 0 Å². The van der Waals surface area contributed by atoms with Gasteiger partial charge in [0.05, 0.1) is 6.54 Å². The second kappa shape index (κ2) is 6.66. The quantitative estimate of drug-likeness (QED) is 0.799. The Hall–Kier alpha value is -0.870. The molecule has 1 unspecified atom stereocenters. The van der Waals surface area contributed by atoms with E-state index in [1.165, 1.54) is 10.4 Å². The summed E-state index contributed by atoms with van der Waals surface area (Å²) in [5.41, 5.74) is 7.04. The highest BCUT2D eigenvalue weighted by atomic mass is 32.1. The highest BCUT2D eigenvalue weighted by Gasteiger charge is 2.08. The van der Waals surface area contributed by atoms with Crippen molar-refractivity contribution in [3.63, 3.8) is 0 Å². The molecule has 0 aliphatic heterocycles. The Kier molecular flexibility index (Phi) is 5.49. The van der Waals surface area contributed by atoms with E-state index in [0.29, 0.717) is 13.0 Å². The van der Waals surface area contributed by atoms with Crippen molar-refractivity contribution in [3.05, 3.63) is 21.9 Å². The van der Waals surface area contributed by atoms with Crippen molar-refractivity contribution in [2.24, 2.45) is 5.73 Å². The number of hydrogen-bond donors (Lipinski definition) is 2. The Morgan fingerprint density at radius 3 is 2.94 bits per heavy atom. The third-order valence-electron chi connectivity index (χ3n) is 2.64. The van der Waals surface area contributed by atoms with Crippen molar-refractivity contribution in [3.8, 4) is 0 Å². The molecule has 3 nitrogen and oxygen atoms in total. The van der Waals surface area contributed by atoms with Gasteiger partial charge in [0.1, 0.15) is 0 Å². The molecule has 0 spiro atoms. The van der Waals surface area contributed by atoms with Crippen LogP contribution in [0.1, 0.15) is 37.1 Å². The van der Waals surface area contributed by atoms with Gasteiger partial charge in [-0.1, -0.05) is 13.8 Å². The molecule has 1 atom stereocenters. The van der Waals surface area contributed by atoms with Crippen LogP contribution in [-0.4, -0.2) is 11.9 Å². The van der Waals surface area contributed by atoms with Crippen molar-refractivity contribution in [1.29, 1.82) is 0 Å². The number of hydrogen-bond acceptors (Lipinski definition) is 3. The van der Waals surface area contributed by atoms with Crippen molar-refractivity contribution in [1.82, 2.24) is 5.32 Å². The molecule has 3 N–H and O–H groups in total. The topological polar surface area (TPSA) is 55.1 Å². The Bertz CT molecular complexity index is 336. The molecule has 0 bridgehead atoms. The first-order valence-corrected chi connectivity index (χ1v) is 6.62. The smallest absolute Gasteiger partial charge is 0.221 e. The average molecular weight is 240 g/mol. The Balaban J connectivity index is 2.37. The van der Waals surface area contributed by atoms with Gasteiger partial charge in [-0.25, -0.2) is 0 Å². The SMILES string of the molecule is CCc1ccsc1CNC(=O)CC(N)CC. The maximum absolute atomic E-state index is 11.5. The van der Waals surface area contributed by atoms with Crippen LogP contribution < -0.4 is 11.1 Å². The summed E-state index contributed by atoms with van der Waals surface area (Å²) in [5, 5.41) is 4.98. The van der Waals surface area contributed by atoms with Gasteiger partial charge >= 0.3 is 0 Å². The molecule has 0 aliphatic rings. The second-order valence-corrected chi connectivity index (χ2v) is 4.87. The number of thiophene rings is 1. The Morgan fingerprint density at radius 2 is 2.31 bits per heavy atom. The molecule has 0 saturated heterocycles. The number of nitrogens with one attached hydrogen (secondary N) is 1. The summed E-state index contributed by atoms with van der Waals surface area (Å²) in [6.45, 7) is 4.75. The van der Waals surface area contributed by atoms with E-state index >= 15 is 0 Å². The summed E-state index contributed by atoms with van der Waals surface area (Å²) in [7, 11) is 0. The normalized spacial score (nSPS) is 12.4. The zero-order valence-electron chi connectivity index (χ0n) is 9.95. The zero-order valence-corrected chi connectivity index (χ0v) is 10.8. The summed E-state index contributed by atoms with van der Waals surface area (Å²) >= 11 is 1.69. The van der Waals surface area contributed by atoms with Gasteiger partial charge < -0.3 is 11.1 Å². The molecule has 0 fully saturated rings. The van der Waals surface area contributed by atoms with Crippen LogP contribution in [0.5, 0.6) is 0 Å². The molecule has 0 radical (unpaired) electrons. The lowest BCUT2D eigenvalue weighted by Crippen LogP contribution is -2.30. The van der Waals surface area contributed by atoms with E-state index in [1.807, 2.05) is 6.92 Å². The van der Waals surface area contributed by atoms with Crippen LogP contribution in [-0.2, 0) is 17.8 Å². The number of nitrogens with two attached hydrogens (primary N) is 1. The molecular formula is C12H20N2OS. The minimum absolute atomic E-state index is 0.0195. The van der Waals surface area contributed by atoms with Gasteiger partial charge in [-0.15, -0.1) is 11.3 Å². The summed E-state index contributed by atoms with van der Waals surface area (Å²) in [4.78, 5) is 12.8. The Morgan fingerprint density at radius 1 is 1.56 bits per heavy atom. The summed E-state index contributed by atoms with van der Waals surface area (Å²) in [6.07, 6.45) is 2.28. The molecule has 16 heavy (non-hydrogen) atoms. The Labute approximate surface area is 101 Å². The van der Waals surface area contributed by atoms with Crippen LogP contribution in [0.2, 0.25) is 0 Å². The fourth-order valence-corrected chi connectivity index (χ4v) is 2.39. The van der Waals surface area contributed by atoms with Crippen molar-refractivity contribution in [2.75, 3.05) is 0 Å². The van der Waals surface area contributed by atoms with Gasteiger partial charge in [-0.3, -0.25) is 4.79 Å². The maximum atomic E-state index is 11.5. The molecule has 0 aliphatic carbocycles. The van der Waals surface area contributed by atoms with Gasteiger partial charge in [0, 0.05) is 17.3 Å². The zero-order chi connectivity index (χ0) is 12.0. The lowest BCUT2D eigenvalue weighted by molar-refractivity contribution is -0.121. The molecule has 1 aromatic rings. The fraction of sp³-hybridized carbons (Fsp3) is 0.583. The fourth-order valence-electron chi connectivity index (χ4n) is 1.47. The first kappa shape index (κ1) is 13.2. The number of carbonyl (C=O) groups excluding carboxylic acids is 1. The maximum Gasteiger partial charge on any atom is 0.221 e. The number of amides is 1. The third-order valence-corrected chi connectivity index (χ3v) is 3.60. The van der Waals surface area contributed by atoms with Crippen molar-refractivity contribution >= 4 is 17.2 Å². The van der Waals surface area contributed by atoms with Crippen LogP contribution in [0.25, 0.3) is 0 Å². The molecule has 0 aromatic carbocycles. The summed E-state index contributed by atoms with van der Waals surface area (Å²) in [6, 6.07) is 2.10. The lowest BCUT2D eigenvalue weighted by Gasteiger charge is -2.09. The summed E-state index contributed by atoms with van der Waals surface area (Å²) < 4.78 is 0. The van der Waals surface area contributed by atoms with Gasteiger partial charge in [0.25, 0.3) is 0 Å². The predicted octanol–water partition coefficient (Wildman–Crippen LogP) is 2.05. The van der Waals surface area contributed by atoms with Crippen LogP contribution in [0.4, 0.5) is 0 Å². The first-order valence-electron chi connectivity index (χ1n) is 5.74. The van der Waals surface area contributed by atoms with Crippen LogP contribution in [0.3, 0.4) is 0 Å². The second-order valence-electron chi connectivity index (χ2n) is 3.87. The predicted molar refractivity (Wildman–Crippen MR) is 68.4 cm³/mol. The minimum Gasteiger partial charge on any atom is -0.351 e. The van der Waals surface area contributed by atoms with Gasteiger partial charge in [-0.05, 0) is 29.9 Å². The van der Waals surface area contributed by atoms with Gasteiger partial charge in [0.2, 0.25) is 5.91 Å². The first-order chi connectivity index (χ1) is 7.67. The molecule has 1 heterocycles. The van der Waals surface area contributed by atoms with E-state index in [4.69, 9.17) is 5.73 Å².